The van der Waals surface area contributed by atoms with Gasteiger partial charge in [0.1, 0.15) is 11.4 Å². The summed E-state index contributed by atoms with van der Waals surface area (Å²) in [5.74, 6) is 0. The fourth-order valence-corrected chi connectivity index (χ4v) is 3.40. The molecule has 4 rings (SSSR count). The van der Waals surface area contributed by atoms with E-state index in [1.54, 1.807) is 0 Å². The van der Waals surface area contributed by atoms with Crippen LogP contribution in [-0.2, 0) is 4.74 Å². The number of nitrogens with zero attached hydrogens (tertiary/aromatic N) is 2. The van der Waals surface area contributed by atoms with Crippen LogP contribution in [0.15, 0.2) is 42.5 Å². The molecule has 6 heteroatoms. The van der Waals surface area contributed by atoms with Crippen LogP contribution in [0.4, 0.5) is 28.4 Å². The van der Waals surface area contributed by atoms with Crippen molar-refractivity contribution in [1.29, 1.82) is 0 Å². The fraction of sp³-hybridized carbons (Fsp3) is 0.333. The summed E-state index contributed by atoms with van der Waals surface area (Å²) in [6.45, 7) is 4.16. The molecule has 0 atom stereocenters. The van der Waals surface area contributed by atoms with E-state index in [1.807, 2.05) is 6.07 Å². The highest BCUT2D eigenvalue weighted by Gasteiger charge is 2.27. The van der Waals surface area contributed by atoms with E-state index in [-0.39, 0.29) is 19.0 Å². The maximum absolute atomic E-state index is 9.51. The molecule has 128 valence electrons. The number of aliphatic hydroxyl groups excluding tert-OH is 1. The summed E-state index contributed by atoms with van der Waals surface area (Å²) in [5.41, 5.74) is 5.96. The number of hydrogen-bond acceptors (Lipinski definition) is 4. The number of fused-ring (bicyclic) bond motifs is 2. The van der Waals surface area contributed by atoms with E-state index in [0.717, 1.165) is 32.0 Å². The summed E-state index contributed by atoms with van der Waals surface area (Å²) < 4.78 is 5.45. The first-order valence-electron chi connectivity index (χ1n) is 8.16. The molecule has 0 unspecified atom stereocenters. The Labute approximate surface area is 148 Å². The number of para-hydroxylation sites is 2. The van der Waals surface area contributed by atoms with Crippen molar-refractivity contribution in [2.75, 3.05) is 49.3 Å². The summed E-state index contributed by atoms with van der Waals surface area (Å²) in [4.78, 5) is 4.58. The van der Waals surface area contributed by atoms with Gasteiger partial charge in [0.05, 0.1) is 19.8 Å². The van der Waals surface area contributed by atoms with Gasteiger partial charge >= 0.3 is 0 Å². The Morgan fingerprint density at radius 3 is 2.54 bits per heavy atom. The van der Waals surface area contributed by atoms with Crippen molar-refractivity contribution in [3.05, 3.63) is 42.5 Å². The summed E-state index contributed by atoms with van der Waals surface area (Å²) in [5, 5.41) is 11.7. The smallest absolute Gasteiger partial charge is 0.158 e. The first-order chi connectivity index (χ1) is 11.4. The number of nitrogens with two attached hydrogens (primary N) is 1. The van der Waals surface area contributed by atoms with Gasteiger partial charge in [0.25, 0.3) is 0 Å². The lowest BCUT2D eigenvalue weighted by molar-refractivity contribution is -0.478. The third-order valence-electron chi connectivity index (χ3n) is 4.54. The van der Waals surface area contributed by atoms with Crippen molar-refractivity contribution in [2.45, 2.75) is 0 Å². The van der Waals surface area contributed by atoms with Gasteiger partial charge in [0.15, 0.2) is 11.4 Å². The number of morpholine rings is 1. The van der Waals surface area contributed by atoms with E-state index in [9.17, 15) is 5.11 Å². The highest BCUT2D eigenvalue weighted by Crippen LogP contribution is 2.39. The summed E-state index contributed by atoms with van der Waals surface area (Å²) in [7, 11) is 0. The van der Waals surface area contributed by atoms with Gasteiger partial charge in [-0.25, -0.2) is 0 Å². The maximum Gasteiger partial charge on any atom is 0.158 e. The largest absolute Gasteiger partial charge is 1.00 e. The zero-order valence-electron chi connectivity index (χ0n) is 13.5. The van der Waals surface area contributed by atoms with E-state index in [0.29, 0.717) is 6.54 Å². The topological polar surface area (TPSA) is 52.5 Å². The van der Waals surface area contributed by atoms with Gasteiger partial charge in [-0.15, -0.1) is 0 Å². The number of β-amino-alcohol motifs (C(OH)–C–C–N with tert-alkyl or cyclic N) is 1. The van der Waals surface area contributed by atoms with Crippen LogP contribution in [0.25, 0.3) is 0 Å². The van der Waals surface area contributed by atoms with Gasteiger partial charge in [-0.1, -0.05) is 12.1 Å². The van der Waals surface area contributed by atoms with Crippen LogP contribution in [0, 0.1) is 0 Å². The molecule has 1 saturated heterocycles. The van der Waals surface area contributed by atoms with Crippen LogP contribution in [0.3, 0.4) is 0 Å². The first kappa shape index (κ1) is 17.0. The molecule has 0 aromatic heterocycles. The quantitative estimate of drug-likeness (QED) is 0.664. The second kappa shape index (κ2) is 7.40. The lowest BCUT2D eigenvalue weighted by atomic mass is 10.1. The Kier molecular flexibility index (Phi) is 5.26. The van der Waals surface area contributed by atoms with Crippen LogP contribution in [0.1, 0.15) is 0 Å². The molecule has 0 aliphatic carbocycles. The summed E-state index contributed by atoms with van der Waals surface area (Å²) >= 11 is 0. The second-order valence-corrected chi connectivity index (χ2v) is 5.92. The lowest BCUT2D eigenvalue weighted by Crippen LogP contribution is -3.00. The minimum absolute atomic E-state index is 0. The van der Waals surface area contributed by atoms with E-state index >= 15 is 0 Å². The molecule has 0 spiro atoms. The van der Waals surface area contributed by atoms with Gasteiger partial charge in [0, 0.05) is 37.5 Å². The maximum atomic E-state index is 9.51. The molecule has 2 aromatic carbocycles. The number of ether oxygens (including phenoxy) is 1. The number of aliphatic hydroxyl groups is 1. The number of quaternary nitrogens is 1. The molecule has 0 saturated carbocycles. The fourth-order valence-electron chi connectivity index (χ4n) is 3.40. The molecule has 3 N–H and O–H groups in total. The molecule has 5 nitrogen and oxygen atoms in total. The minimum Gasteiger partial charge on any atom is -1.00 e. The standard InChI is InChI=1S/C18H21N3O2.ClH/c22-10-7-21-17-4-2-1-3-15(17)19-16-6-5-14(13-18(16)21)20-8-11-23-12-9-20;/h1-6,13,19,22H,7-12H2;1H. The monoisotopic (exact) mass is 347 g/mol. The van der Waals surface area contributed by atoms with E-state index in [1.165, 1.54) is 22.7 Å². The average molecular weight is 348 g/mol. The summed E-state index contributed by atoms with van der Waals surface area (Å²) in [6.07, 6.45) is 0. The van der Waals surface area contributed by atoms with Gasteiger partial charge in [-0.2, -0.15) is 0 Å². The molecular formula is C18H22ClN3O2. The van der Waals surface area contributed by atoms with Crippen molar-refractivity contribution in [3.63, 3.8) is 0 Å². The predicted octanol–water partition coefficient (Wildman–Crippen LogP) is -1.50. The Morgan fingerprint density at radius 2 is 1.75 bits per heavy atom. The summed E-state index contributed by atoms with van der Waals surface area (Å²) in [6, 6.07) is 15.0. The molecule has 1 fully saturated rings. The molecule has 0 radical (unpaired) electrons. The van der Waals surface area contributed by atoms with Crippen LogP contribution in [0.2, 0.25) is 0 Å². The Balaban J connectivity index is 0.00000169. The number of rotatable bonds is 3. The second-order valence-electron chi connectivity index (χ2n) is 5.92. The number of halogens is 1. The normalized spacial score (nSPS) is 16.2. The molecule has 2 aliphatic rings. The van der Waals surface area contributed by atoms with Crippen molar-refractivity contribution >= 4 is 28.4 Å². The number of benzene rings is 2. The van der Waals surface area contributed by atoms with Gasteiger partial charge in [0.2, 0.25) is 0 Å². The Bertz CT molecular complexity index is 704. The Morgan fingerprint density at radius 1 is 1.00 bits per heavy atom. The van der Waals surface area contributed by atoms with Crippen LogP contribution in [0.5, 0.6) is 0 Å². The lowest BCUT2D eigenvalue weighted by Gasteiger charge is -2.33. The van der Waals surface area contributed by atoms with E-state index in [2.05, 4.69) is 51.5 Å². The molecule has 0 bridgehead atoms. The zero-order valence-corrected chi connectivity index (χ0v) is 14.2. The van der Waals surface area contributed by atoms with E-state index < -0.39 is 0 Å². The first-order valence-corrected chi connectivity index (χ1v) is 8.16. The molecular weight excluding hydrogens is 326 g/mol. The minimum atomic E-state index is 0. The van der Waals surface area contributed by atoms with Gasteiger partial charge in [-0.05, 0) is 18.2 Å². The van der Waals surface area contributed by atoms with Crippen LogP contribution < -0.4 is 27.5 Å². The third kappa shape index (κ3) is 3.08. The highest BCUT2D eigenvalue weighted by molar-refractivity contribution is 5.83. The van der Waals surface area contributed by atoms with Crippen molar-refractivity contribution in [2.24, 2.45) is 0 Å². The van der Waals surface area contributed by atoms with Crippen molar-refractivity contribution in [3.8, 4) is 0 Å². The van der Waals surface area contributed by atoms with Gasteiger partial charge < -0.3 is 32.1 Å². The average Bonchev–Trinajstić information content (AvgIpc) is 2.62. The molecule has 2 aromatic rings. The third-order valence-corrected chi connectivity index (χ3v) is 4.54. The molecule has 0 amide bonds. The van der Waals surface area contributed by atoms with Crippen molar-refractivity contribution < 1.29 is 27.6 Å². The van der Waals surface area contributed by atoms with E-state index in [4.69, 9.17) is 4.74 Å². The van der Waals surface area contributed by atoms with Crippen molar-refractivity contribution in [1.82, 2.24) is 0 Å². The molecule has 2 aliphatic heterocycles. The Hall–Kier alpha value is -1.79. The number of anilines is 3. The molecule has 24 heavy (non-hydrogen) atoms. The SMILES string of the molecule is OCCN1c2ccccc2[NH2+]c2ccc(N3CCOCC3)cc21.[Cl-]. The van der Waals surface area contributed by atoms with Crippen LogP contribution >= 0.6 is 0 Å². The van der Waals surface area contributed by atoms with Gasteiger partial charge in [-0.3, -0.25) is 5.32 Å². The molecule has 2 heterocycles. The highest BCUT2D eigenvalue weighted by atomic mass is 35.5. The van der Waals surface area contributed by atoms with Crippen LogP contribution in [-0.4, -0.2) is 44.6 Å². The predicted molar refractivity (Wildman–Crippen MR) is 91.3 cm³/mol. The zero-order chi connectivity index (χ0) is 15.6. The number of hydrogen-bond donors (Lipinski definition) is 2.